The SMILES string of the molecule is C=C1CC(=O)CC(C=O)(CC)C1=O.CCCNC. The third kappa shape index (κ3) is 4.18. The summed E-state index contributed by atoms with van der Waals surface area (Å²) in [4.78, 5) is 33.6. The van der Waals surface area contributed by atoms with Gasteiger partial charge in [-0.05, 0) is 32.0 Å². The normalized spacial score (nSPS) is 23.4. The van der Waals surface area contributed by atoms with Gasteiger partial charge in [0.05, 0.1) is 5.41 Å². The van der Waals surface area contributed by atoms with Gasteiger partial charge in [0.15, 0.2) is 5.78 Å². The predicted molar refractivity (Wildman–Crippen MR) is 71.4 cm³/mol. The standard InChI is InChI=1S/C10H12O3.C4H11N/c1-3-10(6-11)5-8(12)4-7(2)9(10)13;1-3-4-5-2/h6H,2-5H2,1H3;5H,3-4H2,1-2H3. The van der Waals surface area contributed by atoms with Crippen LogP contribution in [0.2, 0.25) is 0 Å². The second-order valence-electron chi connectivity index (χ2n) is 4.56. The van der Waals surface area contributed by atoms with Gasteiger partial charge in [-0.3, -0.25) is 9.59 Å². The van der Waals surface area contributed by atoms with Crippen molar-refractivity contribution in [2.75, 3.05) is 13.6 Å². The first-order chi connectivity index (χ1) is 8.47. The summed E-state index contributed by atoms with van der Waals surface area (Å²) in [5.74, 6) is -0.330. The van der Waals surface area contributed by atoms with E-state index in [9.17, 15) is 14.4 Å². The summed E-state index contributed by atoms with van der Waals surface area (Å²) in [6, 6.07) is 0. The molecule has 1 N–H and O–H groups in total. The van der Waals surface area contributed by atoms with Crippen molar-refractivity contribution >= 4 is 17.9 Å². The van der Waals surface area contributed by atoms with Crippen molar-refractivity contribution in [3.63, 3.8) is 0 Å². The number of Topliss-reactive ketones (excluding diaryl/α,β-unsaturated/α-hetero) is 2. The highest BCUT2D eigenvalue weighted by atomic mass is 16.2. The molecule has 0 aromatic rings. The van der Waals surface area contributed by atoms with Gasteiger partial charge in [-0.2, -0.15) is 0 Å². The van der Waals surface area contributed by atoms with E-state index < -0.39 is 5.41 Å². The molecule has 0 amide bonds. The molecule has 0 bridgehead atoms. The van der Waals surface area contributed by atoms with Crippen LogP contribution < -0.4 is 5.32 Å². The molecule has 4 nitrogen and oxygen atoms in total. The lowest BCUT2D eigenvalue weighted by molar-refractivity contribution is -0.140. The van der Waals surface area contributed by atoms with E-state index in [1.165, 1.54) is 6.42 Å². The minimum absolute atomic E-state index is 0.0465. The fraction of sp³-hybridized carbons (Fsp3) is 0.643. The van der Waals surface area contributed by atoms with Crippen LogP contribution in [0.3, 0.4) is 0 Å². The molecule has 0 spiro atoms. The number of allylic oxidation sites excluding steroid dienone is 1. The van der Waals surface area contributed by atoms with Gasteiger partial charge < -0.3 is 10.1 Å². The summed E-state index contributed by atoms with van der Waals surface area (Å²) >= 11 is 0. The van der Waals surface area contributed by atoms with Crippen molar-refractivity contribution < 1.29 is 14.4 Å². The molecule has 0 heterocycles. The summed E-state index contributed by atoms with van der Waals surface area (Å²) in [7, 11) is 1.96. The third-order valence-electron chi connectivity index (χ3n) is 3.05. The molecule has 1 aliphatic rings. The van der Waals surface area contributed by atoms with Crippen LogP contribution in [0.25, 0.3) is 0 Å². The average molecular weight is 253 g/mol. The van der Waals surface area contributed by atoms with Gasteiger partial charge >= 0.3 is 0 Å². The maximum Gasteiger partial charge on any atom is 0.172 e. The van der Waals surface area contributed by atoms with E-state index in [1.54, 1.807) is 6.92 Å². The molecule has 0 saturated heterocycles. The quantitative estimate of drug-likeness (QED) is 0.470. The Morgan fingerprint density at radius 2 is 2.00 bits per heavy atom. The predicted octanol–water partition coefficient (Wildman–Crippen LogP) is 1.69. The fourth-order valence-electron chi connectivity index (χ4n) is 1.88. The van der Waals surface area contributed by atoms with E-state index in [1.807, 2.05) is 7.05 Å². The fourth-order valence-corrected chi connectivity index (χ4v) is 1.88. The monoisotopic (exact) mass is 253 g/mol. The zero-order chi connectivity index (χ0) is 14.2. The molecule has 1 aliphatic carbocycles. The Morgan fingerprint density at radius 1 is 1.39 bits per heavy atom. The largest absolute Gasteiger partial charge is 0.320 e. The van der Waals surface area contributed by atoms with Crippen molar-refractivity contribution in [2.24, 2.45) is 5.41 Å². The first-order valence-corrected chi connectivity index (χ1v) is 6.32. The highest BCUT2D eigenvalue weighted by molar-refractivity contribution is 6.15. The number of rotatable bonds is 4. The molecule has 18 heavy (non-hydrogen) atoms. The van der Waals surface area contributed by atoms with Crippen LogP contribution >= 0.6 is 0 Å². The van der Waals surface area contributed by atoms with Crippen LogP contribution in [-0.2, 0) is 14.4 Å². The molecule has 0 radical (unpaired) electrons. The Morgan fingerprint density at radius 3 is 2.33 bits per heavy atom. The first-order valence-electron chi connectivity index (χ1n) is 6.32. The molecular formula is C14H23NO3. The molecule has 1 rings (SSSR count). The molecule has 1 fully saturated rings. The smallest absolute Gasteiger partial charge is 0.172 e. The molecule has 4 heteroatoms. The first kappa shape index (κ1) is 16.7. The molecule has 0 aromatic heterocycles. The van der Waals surface area contributed by atoms with E-state index in [0.29, 0.717) is 12.7 Å². The molecule has 1 saturated carbocycles. The second kappa shape index (κ2) is 7.93. The van der Waals surface area contributed by atoms with Crippen molar-refractivity contribution in [3.05, 3.63) is 12.2 Å². The molecule has 102 valence electrons. The Bertz CT molecular complexity index is 334. The Labute approximate surface area is 109 Å². The maximum absolute atomic E-state index is 11.6. The van der Waals surface area contributed by atoms with Gasteiger partial charge in [-0.25, -0.2) is 0 Å². The molecule has 0 aliphatic heterocycles. The highest BCUT2D eigenvalue weighted by Crippen LogP contribution is 2.34. The van der Waals surface area contributed by atoms with E-state index in [4.69, 9.17) is 0 Å². The summed E-state index contributed by atoms with van der Waals surface area (Å²) in [6.45, 7) is 8.53. The van der Waals surface area contributed by atoms with Crippen LogP contribution in [0.1, 0.15) is 39.5 Å². The number of hydrogen-bond acceptors (Lipinski definition) is 4. The minimum atomic E-state index is -1.10. The number of ketones is 2. The Hall–Kier alpha value is -1.29. The topological polar surface area (TPSA) is 63.2 Å². The van der Waals surface area contributed by atoms with E-state index in [0.717, 1.165) is 6.54 Å². The van der Waals surface area contributed by atoms with Crippen LogP contribution in [-0.4, -0.2) is 31.4 Å². The number of aldehydes is 1. The summed E-state index contributed by atoms with van der Waals surface area (Å²) in [5, 5.41) is 3.02. The van der Waals surface area contributed by atoms with Gasteiger partial charge in [-0.15, -0.1) is 0 Å². The van der Waals surface area contributed by atoms with Crippen LogP contribution in [0, 0.1) is 5.41 Å². The highest BCUT2D eigenvalue weighted by Gasteiger charge is 2.43. The molecule has 1 unspecified atom stereocenters. The van der Waals surface area contributed by atoms with Gasteiger partial charge in [0, 0.05) is 12.8 Å². The van der Waals surface area contributed by atoms with Crippen molar-refractivity contribution in [2.45, 2.75) is 39.5 Å². The zero-order valence-corrected chi connectivity index (χ0v) is 11.5. The summed E-state index contributed by atoms with van der Waals surface area (Å²) in [6.07, 6.45) is 2.35. The minimum Gasteiger partial charge on any atom is -0.320 e. The van der Waals surface area contributed by atoms with Crippen molar-refractivity contribution in [3.8, 4) is 0 Å². The van der Waals surface area contributed by atoms with Crippen molar-refractivity contribution in [1.82, 2.24) is 5.32 Å². The van der Waals surface area contributed by atoms with E-state index in [-0.39, 0.29) is 30.0 Å². The second-order valence-corrected chi connectivity index (χ2v) is 4.56. The zero-order valence-electron chi connectivity index (χ0n) is 11.5. The third-order valence-corrected chi connectivity index (χ3v) is 3.05. The van der Waals surface area contributed by atoms with Gasteiger partial charge in [0.2, 0.25) is 0 Å². The van der Waals surface area contributed by atoms with Gasteiger partial charge in [0.1, 0.15) is 12.1 Å². The Kier molecular flexibility index (Phi) is 7.36. The van der Waals surface area contributed by atoms with E-state index in [2.05, 4.69) is 18.8 Å². The number of nitrogens with one attached hydrogen (secondary N) is 1. The van der Waals surface area contributed by atoms with Crippen LogP contribution in [0.5, 0.6) is 0 Å². The van der Waals surface area contributed by atoms with Crippen molar-refractivity contribution in [1.29, 1.82) is 0 Å². The lowest BCUT2D eigenvalue weighted by atomic mass is 9.70. The summed E-state index contributed by atoms with van der Waals surface area (Å²) in [5.41, 5.74) is -0.836. The van der Waals surface area contributed by atoms with Gasteiger partial charge in [0.25, 0.3) is 0 Å². The summed E-state index contributed by atoms with van der Waals surface area (Å²) < 4.78 is 0. The molecule has 0 aromatic carbocycles. The van der Waals surface area contributed by atoms with Crippen LogP contribution in [0.15, 0.2) is 12.2 Å². The maximum atomic E-state index is 11.6. The van der Waals surface area contributed by atoms with Gasteiger partial charge in [-0.1, -0.05) is 20.4 Å². The Balaban J connectivity index is 0.000000494. The number of carbonyl (C=O) groups excluding carboxylic acids is 3. The van der Waals surface area contributed by atoms with Crippen LogP contribution in [0.4, 0.5) is 0 Å². The number of hydrogen-bond donors (Lipinski definition) is 1. The lowest BCUT2D eigenvalue weighted by Gasteiger charge is -2.29. The molecule has 1 atom stereocenters. The lowest BCUT2D eigenvalue weighted by Crippen LogP contribution is -2.40. The van der Waals surface area contributed by atoms with E-state index >= 15 is 0 Å². The number of carbonyl (C=O) groups is 3. The molecular weight excluding hydrogens is 230 g/mol. The average Bonchev–Trinajstić information content (AvgIpc) is 2.35.